The van der Waals surface area contributed by atoms with E-state index in [1.54, 1.807) is 45.0 Å². The Morgan fingerprint density at radius 2 is 1.57 bits per heavy atom. The van der Waals surface area contributed by atoms with Crippen LogP contribution in [0.3, 0.4) is 0 Å². The highest BCUT2D eigenvalue weighted by molar-refractivity contribution is 7.21. The van der Waals surface area contributed by atoms with Gasteiger partial charge < -0.3 is 0 Å². The smallest absolute Gasteiger partial charge is 0.235 e. The Morgan fingerprint density at radius 3 is 2.17 bits per heavy atom. The normalized spacial score (nSPS) is 16.3. The van der Waals surface area contributed by atoms with E-state index in [0.29, 0.717) is 32.9 Å². The summed E-state index contributed by atoms with van der Waals surface area (Å²) >= 11 is 1.32. The number of alkyl halides is 3. The zero-order valence-electron chi connectivity index (χ0n) is 30.8. The second-order valence-electron chi connectivity index (χ2n) is 10.9. The number of aromatic nitrogens is 2. The molecule has 0 unspecified atom stereocenters. The maximum atomic E-state index is 13.2. The maximum Gasteiger partial charge on any atom is 0.416 e. The summed E-state index contributed by atoms with van der Waals surface area (Å²) in [5, 5.41) is 0.519. The molecule has 2 heterocycles. The van der Waals surface area contributed by atoms with Crippen LogP contribution in [0.1, 0.15) is 38.8 Å². The van der Waals surface area contributed by atoms with Crippen molar-refractivity contribution in [2.24, 2.45) is 7.05 Å². The molecule has 0 aliphatic heterocycles. The van der Waals surface area contributed by atoms with Crippen LogP contribution < -0.4 is 4.57 Å². The highest BCUT2D eigenvalue weighted by atomic mass is 32.1. The number of rotatable bonds is 5. The van der Waals surface area contributed by atoms with Crippen molar-refractivity contribution in [3.8, 4) is 33.0 Å². The average molecular weight is 584 g/mol. The van der Waals surface area contributed by atoms with Crippen molar-refractivity contribution in [1.82, 2.24) is 4.98 Å². The molecule has 0 fully saturated rings. The van der Waals surface area contributed by atoms with Crippen molar-refractivity contribution in [3.05, 3.63) is 94.7 Å². The number of hydrogen-bond acceptors (Lipinski definition) is 2. The quantitative estimate of drug-likeness (QED) is 0.149. The van der Waals surface area contributed by atoms with Crippen LogP contribution in [-0.4, -0.2) is 13.1 Å². The Bertz CT molecular complexity index is 1990. The summed E-state index contributed by atoms with van der Waals surface area (Å²) in [6.45, 7) is 1.77. The van der Waals surface area contributed by atoms with Crippen LogP contribution in [0.2, 0.25) is 19.6 Å². The molecule has 5 aromatic rings. The summed E-state index contributed by atoms with van der Waals surface area (Å²) in [5.41, 5.74) is 2.34. The van der Waals surface area contributed by atoms with Gasteiger partial charge in [0.2, 0.25) is 5.69 Å². The van der Waals surface area contributed by atoms with E-state index in [1.165, 1.54) is 35.6 Å². The first-order valence-corrected chi connectivity index (χ1v) is 17.0. The minimum absolute atomic E-state index is 0.000486. The highest BCUT2D eigenvalue weighted by Gasteiger charge is 2.30. The number of nitrogens with zero attached hydrogens (tertiary/aromatic N) is 2. The number of aryl methyl sites for hydroxylation is 4. The van der Waals surface area contributed by atoms with E-state index in [1.807, 2.05) is 23.6 Å². The van der Waals surface area contributed by atoms with Gasteiger partial charge in [0.1, 0.15) is 12.1 Å². The third-order valence-corrected chi connectivity index (χ3v) is 8.69. The molecule has 40 heavy (non-hydrogen) atoms. The van der Waals surface area contributed by atoms with Crippen molar-refractivity contribution in [1.29, 1.82) is 0 Å². The summed E-state index contributed by atoms with van der Waals surface area (Å²) in [4.78, 5) is 4.84. The monoisotopic (exact) mass is 583 g/mol. The molecule has 0 N–H and O–H groups in total. The van der Waals surface area contributed by atoms with Crippen LogP contribution in [0.25, 0.3) is 43.2 Å². The first kappa shape index (κ1) is 19.7. The summed E-state index contributed by atoms with van der Waals surface area (Å²) in [6, 6.07) is 14.5. The van der Waals surface area contributed by atoms with E-state index in [4.69, 9.17) is 16.0 Å². The SMILES string of the molecule is [2H]C([2H])([2H])c1cc(C([2H])([2H])[Si](C)(C)C)cc(C([2H])([2H])[2H])c1-c1cc[n+](C)c(-c2c(C)ccc3sc(-c4ccc(C(F)(F)F)cc4)nc23)c1. The molecule has 0 amide bonds. The van der Waals surface area contributed by atoms with Gasteiger partial charge in [-0.25, -0.2) is 9.55 Å². The number of pyridine rings is 1. The van der Waals surface area contributed by atoms with E-state index < -0.39 is 39.5 Å². The molecule has 5 rings (SSSR count). The first-order valence-electron chi connectivity index (χ1n) is 16.7. The number of benzene rings is 3. The minimum Gasteiger partial charge on any atom is -0.235 e. The molecular formula is C33H34F3N2SSi+. The molecule has 2 nitrogen and oxygen atoms in total. The maximum absolute atomic E-state index is 13.2. The predicted molar refractivity (Wildman–Crippen MR) is 163 cm³/mol. The Balaban J connectivity index is 1.76. The first-order chi connectivity index (χ1) is 21.9. The summed E-state index contributed by atoms with van der Waals surface area (Å²) < 4.78 is 110. The van der Waals surface area contributed by atoms with Gasteiger partial charge in [-0.15, -0.1) is 11.3 Å². The zero-order chi connectivity index (χ0) is 35.8. The molecule has 3 aromatic carbocycles. The molecule has 0 aliphatic rings. The van der Waals surface area contributed by atoms with Gasteiger partial charge in [-0.05, 0) is 72.6 Å². The fourth-order valence-corrected chi connectivity index (χ4v) is 6.77. The van der Waals surface area contributed by atoms with Gasteiger partial charge in [-0.2, -0.15) is 13.2 Å². The molecule has 0 aliphatic carbocycles. The minimum atomic E-state index is -4.46. The highest BCUT2D eigenvalue weighted by Crippen LogP contribution is 2.39. The lowest BCUT2D eigenvalue weighted by atomic mass is 9.92. The largest absolute Gasteiger partial charge is 0.416 e. The molecule has 7 heteroatoms. The number of hydrogen-bond donors (Lipinski definition) is 0. The molecule has 2 aromatic heterocycles. The fraction of sp³-hybridized carbons (Fsp3) is 0.273. The predicted octanol–water partition coefficient (Wildman–Crippen LogP) is 9.49. The second-order valence-corrected chi connectivity index (χ2v) is 16.7. The lowest BCUT2D eigenvalue weighted by Crippen LogP contribution is -2.30. The molecule has 206 valence electrons. The van der Waals surface area contributed by atoms with E-state index in [2.05, 4.69) is 0 Å². The van der Waals surface area contributed by atoms with Crippen LogP contribution in [0, 0.1) is 20.6 Å². The van der Waals surface area contributed by atoms with E-state index in [9.17, 15) is 13.2 Å². The number of fused-ring (bicyclic) bond motifs is 1. The van der Waals surface area contributed by atoms with Crippen LogP contribution >= 0.6 is 11.3 Å². The topological polar surface area (TPSA) is 16.8 Å². The van der Waals surface area contributed by atoms with Crippen molar-refractivity contribution in [2.45, 2.75) is 52.4 Å². The lowest BCUT2D eigenvalue weighted by Gasteiger charge is -2.19. The Morgan fingerprint density at radius 1 is 0.900 bits per heavy atom. The molecule has 0 radical (unpaired) electrons. The molecule has 0 atom stereocenters. The third kappa shape index (κ3) is 5.63. The molecule has 0 bridgehead atoms. The number of halogens is 3. The van der Waals surface area contributed by atoms with E-state index >= 15 is 0 Å². The lowest BCUT2D eigenvalue weighted by molar-refractivity contribution is -0.660. The molecular weight excluding hydrogens is 542 g/mol. The Kier molecular flexibility index (Phi) is 5.07. The number of thiazole rings is 1. The Hall–Kier alpha value is -3.29. The van der Waals surface area contributed by atoms with Crippen molar-refractivity contribution in [2.75, 3.05) is 0 Å². The van der Waals surface area contributed by atoms with Crippen molar-refractivity contribution >= 4 is 29.6 Å². The molecule has 0 spiro atoms. The third-order valence-electron chi connectivity index (χ3n) is 6.58. The van der Waals surface area contributed by atoms with E-state index in [0.717, 1.165) is 22.4 Å². The van der Waals surface area contributed by atoms with Crippen molar-refractivity contribution < 1.29 is 28.7 Å². The fourth-order valence-electron chi connectivity index (χ4n) is 4.78. The molecule has 0 saturated heterocycles. The van der Waals surface area contributed by atoms with Gasteiger partial charge in [-0.3, -0.25) is 0 Å². The second kappa shape index (κ2) is 10.3. The van der Waals surface area contributed by atoms with Gasteiger partial charge in [0.15, 0.2) is 6.20 Å². The van der Waals surface area contributed by atoms with Gasteiger partial charge in [-0.1, -0.05) is 55.5 Å². The van der Waals surface area contributed by atoms with Crippen LogP contribution in [-0.2, 0) is 19.2 Å². The van der Waals surface area contributed by atoms with Crippen LogP contribution in [0.4, 0.5) is 13.2 Å². The van der Waals surface area contributed by atoms with Gasteiger partial charge >= 0.3 is 6.18 Å². The van der Waals surface area contributed by atoms with Crippen LogP contribution in [0.5, 0.6) is 0 Å². The van der Waals surface area contributed by atoms with E-state index in [-0.39, 0.29) is 22.3 Å². The van der Waals surface area contributed by atoms with Gasteiger partial charge in [0.25, 0.3) is 0 Å². The Labute approximate surface area is 250 Å². The zero-order valence-corrected chi connectivity index (χ0v) is 24.6. The van der Waals surface area contributed by atoms with Crippen molar-refractivity contribution in [3.63, 3.8) is 0 Å². The van der Waals surface area contributed by atoms with Gasteiger partial charge in [0, 0.05) is 36.7 Å². The van der Waals surface area contributed by atoms with Gasteiger partial charge in [0.05, 0.1) is 21.3 Å². The standard InChI is InChI=1S/C33H34F3N2SSi/c1-20-8-13-28-31(37-32(39-28)24-9-11-26(12-10-24)33(34,35)36)30(20)27-18-25(14-15-38(27)4)29-21(2)16-23(17-22(29)3)19-40(5,6)7/h8-18H,19H2,1-7H3/q+1/i2D3,3D3,19D2. The summed E-state index contributed by atoms with van der Waals surface area (Å²) in [6.07, 6.45) is -2.76. The summed E-state index contributed by atoms with van der Waals surface area (Å²) in [5.74, 6) is -1.91. The molecule has 0 saturated carbocycles. The van der Waals surface area contributed by atoms with Crippen LogP contribution in [0.15, 0.2) is 66.9 Å². The summed E-state index contributed by atoms with van der Waals surface area (Å²) in [7, 11) is -0.813. The average Bonchev–Trinajstić information content (AvgIpc) is 3.39.